The number of thiazole rings is 1. The lowest BCUT2D eigenvalue weighted by molar-refractivity contribution is 0.0592. The molecule has 0 aliphatic rings. The molecule has 0 amide bonds. The zero-order valence-electron chi connectivity index (χ0n) is 13.2. The second kappa shape index (κ2) is 6.32. The molecule has 0 aliphatic heterocycles. The number of carbonyl (C=O) groups excluding carboxylic acids is 1. The molecule has 3 aromatic rings. The number of nitrogens with zero attached hydrogens (tertiary/aromatic N) is 2. The van der Waals surface area contributed by atoms with E-state index < -0.39 is 11.5 Å². The van der Waals surface area contributed by atoms with Gasteiger partial charge in [-0.25, -0.2) is 4.79 Å². The van der Waals surface area contributed by atoms with Crippen LogP contribution in [0.1, 0.15) is 10.5 Å². The number of ether oxygens (including phenoxy) is 3. The molecule has 3 rings (SSSR count). The van der Waals surface area contributed by atoms with Crippen LogP contribution in [-0.4, -0.2) is 36.7 Å². The van der Waals surface area contributed by atoms with Crippen molar-refractivity contribution in [3.63, 3.8) is 0 Å². The Morgan fingerprint density at radius 1 is 1.12 bits per heavy atom. The number of rotatable bonds is 4. The Balaban J connectivity index is 2.28. The molecule has 0 spiro atoms. The van der Waals surface area contributed by atoms with Gasteiger partial charge in [-0.3, -0.25) is 9.20 Å². The van der Waals surface area contributed by atoms with Crippen molar-refractivity contribution in [3.05, 3.63) is 45.7 Å². The summed E-state index contributed by atoms with van der Waals surface area (Å²) in [6.45, 7) is 0. The molecule has 7 nitrogen and oxygen atoms in total. The first kappa shape index (κ1) is 16.0. The number of benzene rings is 1. The molecular formula is C16H14N2O5S. The molecule has 2 heterocycles. The fourth-order valence-corrected chi connectivity index (χ4v) is 3.28. The summed E-state index contributed by atoms with van der Waals surface area (Å²) < 4.78 is 16.9. The third-order valence-electron chi connectivity index (χ3n) is 3.49. The minimum atomic E-state index is -0.607. The van der Waals surface area contributed by atoms with Gasteiger partial charge in [0.15, 0.2) is 16.5 Å². The number of esters is 1. The lowest BCUT2D eigenvalue weighted by Crippen LogP contribution is -2.16. The largest absolute Gasteiger partial charge is 0.493 e. The molecule has 124 valence electrons. The van der Waals surface area contributed by atoms with Crippen molar-refractivity contribution < 1.29 is 19.0 Å². The monoisotopic (exact) mass is 346 g/mol. The van der Waals surface area contributed by atoms with Crippen LogP contribution in [0.5, 0.6) is 11.5 Å². The number of methoxy groups -OCH3 is 3. The van der Waals surface area contributed by atoms with Crippen LogP contribution in [-0.2, 0) is 4.74 Å². The van der Waals surface area contributed by atoms with E-state index in [1.807, 2.05) is 11.4 Å². The Bertz CT molecular complexity index is 976. The van der Waals surface area contributed by atoms with Crippen molar-refractivity contribution >= 4 is 22.3 Å². The first-order valence-electron chi connectivity index (χ1n) is 6.91. The highest BCUT2D eigenvalue weighted by Crippen LogP contribution is 2.34. The van der Waals surface area contributed by atoms with Gasteiger partial charge in [-0.2, -0.15) is 4.98 Å². The van der Waals surface area contributed by atoms with Gasteiger partial charge in [0.05, 0.1) is 27.0 Å². The fourth-order valence-electron chi connectivity index (χ4n) is 2.38. The van der Waals surface area contributed by atoms with Crippen LogP contribution in [0.25, 0.3) is 16.2 Å². The smallest absolute Gasteiger partial charge is 0.355 e. The molecule has 8 heteroatoms. The van der Waals surface area contributed by atoms with E-state index in [1.54, 1.807) is 30.8 Å². The predicted octanol–water partition coefficient (Wildman–Crippen LogP) is 2.23. The molecule has 0 saturated carbocycles. The Hall–Kier alpha value is -2.87. The van der Waals surface area contributed by atoms with E-state index in [0.717, 1.165) is 11.6 Å². The van der Waals surface area contributed by atoms with E-state index in [0.29, 0.717) is 22.2 Å². The van der Waals surface area contributed by atoms with Crippen LogP contribution in [0.2, 0.25) is 0 Å². The average Bonchev–Trinajstić information content (AvgIpc) is 3.03. The maximum absolute atomic E-state index is 12.0. The van der Waals surface area contributed by atoms with Crippen LogP contribution in [0.3, 0.4) is 0 Å². The van der Waals surface area contributed by atoms with Crippen LogP contribution < -0.4 is 15.0 Å². The van der Waals surface area contributed by atoms with E-state index in [2.05, 4.69) is 4.98 Å². The molecular weight excluding hydrogens is 332 g/mol. The van der Waals surface area contributed by atoms with Gasteiger partial charge in [0.2, 0.25) is 0 Å². The predicted molar refractivity (Wildman–Crippen MR) is 89.2 cm³/mol. The van der Waals surface area contributed by atoms with Crippen LogP contribution >= 0.6 is 11.3 Å². The summed E-state index contributed by atoms with van der Waals surface area (Å²) in [4.78, 5) is 28.1. The van der Waals surface area contributed by atoms with Crippen molar-refractivity contribution in [2.45, 2.75) is 0 Å². The SMILES string of the molecule is COC(=O)c1cc(=O)nc2scc(-c3ccc(OC)c(OC)c3)n12. The maximum atomic E-state index is 12.0. The third kappa shape index (κ3) is 2.61. The second-order valence-electron chi connectivity index (χ2n) is 4.78. The molecule has 0 atom stereocenters. The summed E-state index contributed by atoms with van der Waals surface area (Å²) in [5.41, 5.74) is 1.12. The average molecular weight is 346 g/mol. The van der Waals surface area contributed by atoms with Gasteiger partial charge >= 0.3 is 5.97 Å². The zero-order valence-corrected chi connectivity index (χ0v) is 14.0. The highest BCUT2D eigenvalue weighted by Gasteiger charge is 2.18. The minimum Gasteiger partial charge on any atom is -0.493 e. The summed E-state index contributed by atoms with van der Waals surface area (Å²) in [6.07, 6.45) is 0. The fraction of sp³-hybridized carbons (Fsp3) is 0.188. The van der Waals surface area contributed by atoms with Crippen LogP contribution in [0.4, 0.5) is 0 Å². The highest BCUT2D eigenvalue weighted by atomic mass is 32.1. The molecule has 2 aromatic heterocycles. The van der Waals surface area contributed by atoms with Crippen molar-refractivity contribution in [2.24, 2.45) is 0 Å². The number of carbonyl (C=O) groups is 1. The van der Waals surface area contributed by atoms with E-state index in [9.17, 15) is 9.59 Å². The van der Waals surface area contributed by atoms with Crippen molar-refractivity contribution in [1.82, 2.24) is 9.38 Å². The van der Waals surface area contributed by atoms with Crippen LogP contribution in [0.15, 0.2) is 34.4 Å². The molecule has 0 bridgehead atoms. The summed E-state index contributed by atoms with van der Waals surface area (Å²) in [7, 11) is 4.37. The molecule has 0 unspecified atom stereocenters. The van der Waals surface area contributed by atoms with Crippen molar-refractivity contribution in [3.8, 4) is 22.8 Å². The van der Waals surface area contributed by atoms with Gasteiger partial charge in [-0.15, -0.1) is 11.3 Å². The lowest BCUT2D eigenvalue weighted by atomic mass is 10.1. The van der Waals surface area contributed by atoms with Crippen molar-refractivity contribution in [1.29, 1.82) is 0 Å². The molecule has 0 aliphatic carbocycles. The second-order valence-corrected chi connectivity index (χ2v) is 5.62. The summed E-state index contributed by atoms with van der Waals surface area (Å²) in [5.74, 6) is 0.548. The van der Waals surface area contributed by atoms with Gasteiger partial charge in [0.25, 0.3) is 5.56 Å². The lowest BCUT2D eigenvalue weighted by Gasteiger charge is -2.11. The van der Waals surface area contributed by atoms with E-state index in [-0.39, 0.29) is 5.69 Å². The number of hydrogen-bond acceptors (Lipinski definition) is 7. The molecule has 0 radical (unpaired) electrons. The molecule has 1 aromatic carbocycles. The topological polar surface area (TPSA) is 79.1 Å². The van der Waals surface area contributed by atoms with Gasteiger partial charge in [0.1, 0.15) is 5.69 Å². The molecule has 0 N–H and O–H groups in total. The minimum absolute atomic E-state index is 0.124. The summed E-state index contributed by atoms with van der Waals surface area (Å²) in [6, 6.07) is 6.56. The molecule has 0 fully saturated rings. The first-order valence-corrected chi connectivity index (χ1v) is 7.79. The maximum Gasteiger partial charge on any atom is 0.355 e. The van der Waals surface area contributed by atoms with E-state index in [1.165, 1.54) is 18.4 Å². The zero-order chi connectivity index (χ0) is 17.3. The van der Waals surface area contributed by atoms with Crippen LogP contribution in [0, 0.1) is 0 Å². The molecule has 0 saturated heterocycles. The number of hydrogen-bond donors (Lipinski definition) is 0. The normalized spacial score (nSPS) is 10.6. The van der Waals surface area contributed by atoms with Gasteiger partial charge in [-0.05, 0) is 18.2 Å². The third-order valence-corrected chi connectivity index (χ3v) is 4.31. The Kier molecular flexibility index (Phi) is 4.22. The van der Waals surface area contributed by atoms with Gasteiger partial charge < -0.3 is 14.2 Å². The van der Waals surface area contributed by atoms with Crippen molar-refractivity contribution in [2.75, 3.05) is 21.3 Å². The first-order chi connectivity index (χ1) is 11.6. The molecule has 24 heavy (non-hydrogen) atoms. The highest BCUT2D eigenvalue weighted by molar-refractivity contribution is 7.15. The number of fused-ring (bicyclic) bond motifs is 1. The van der Waals surface area contributed by atoms with Gasteiger partial charge in [0, 0.05) is 17.0 Å². The summed E-state index contributed by atoms with van der Waals surface area (Å²) >= 11 is 1.26. The van der Waals surface area contributed by atoms with E-state index >= 15 is 0 Å². The Labute approximate surface area is 141 Å². The van der Waals surface area contributed by atoms with E-state index in [4.69, 9.17) is 14.2 Å². The number of aromatic nitrogens is 2. The quantitative estimate of drug-likeness (QED) is 0.674. The Morgan fingerprint density at radius 3 is 2.54 bits per heavy atom. The standard InChI is InChI=1S/C16H14N2O5S/c1-21-12-5-4-9(6-13(12)22-2)11-8-24-16-17-14(19)7-10(18(11)16)15(20)23-3/h4-8H,1-3H3. The Morgan fingerprint density at radius 2 is 1.88 bits per heavy atom. The summed E-state index contributed by atoms with van der Waals surface area (Å²) in [5, 5.41) is 1.81. The van der Waals surface area contributed by atoms with Gasteiger partial charge in [-0.1, -0.05) is 0 Å².